The van der Waals surface area contributed by atoms with Crippen LogP contribution in [0.15, 0.2) is 18.2 Å². The predicted molar refractivity (Wildman–Crippen MR) is 144 cm³/mol. The van der Waals surface area contributed by atoms with Crippen LogP contribution in [0.1, 0.15) is 103 Å². The molecule has 0 aliphatic heterocycles. The molecule has 1 fully saturated rings. The maximum absolute atomic E-state index is 14.0. The van der Waals surface area contributed by atoms with Crippen LogP contribution in [0.5, 0.6) is 0 Å². The molecule has 0 radical (unpaired) electrons. The van der Waals surface area contributed by atoms with E-state index in [4.69, 9.17) is 4.74 Å². The Morgan fingerprint density at radius 1 is 1.08 bits per heavy atom. The van der Waals surface area contributed by atoms with Crippen molar-refractivity contribution in [2.45, 2.75) is 118 Å². The molecule has 3 amide bonds. The van der Waals surface area contributed by atoms with E-state index < -0.39 is 23.8 Å². The van der Waals surface area contributed by atoms with Crippen molar-refractivity contribution in [3.8, 4) is 0 Å². The first-order valence-electron chi connectivity index (χ1n) is 13.5. The molecule has 1 aliphatic carbocycles. The average molecular weight is 502 g/mol. The largest absolute Gasteiger partial charge is 0.444 e. The molecule has 0 spiro atoms. The molecular formula is C29H47N3O4. The monoisotopic (exact) mass is 501 g/mol. The molecule has 1 saturated carbocycles. The lowest BCUT2D eigenvalue weighted by molar-refractivity contribution is -0.143. The third-order valence-electron chi connectivity index (χ3n) is 6.58. The molecule has 1 aromatic rings. The van der Waals surface area contributed by atoms with Gasteiger partial charge in [-0.1, -0.05) is 63.8 Å². The molecule has 2 unspecified atom stereocenters. The Bertz CT molecular complexity index is 900. The highest BCUT2D eigenvalue weighted by Crippen LogP contribution is 2.28. The van der Waals surface area contributed by atoms with E-state index >= 15 is 0 Å². The van der Waals surface area contributed by atoms with Crippen LogP contribution in [-0.4, -0.2) is 47.0 Å². The molecule has 2 rings (SSSR count). The lowest BCUT2D eigenvalue weighted by atomic mass is 9.92. The minimum absolute atomic E-state index is 0.124. The number of benzene rings is 1. The fourth-order valence-corrected chi connectivity index (χ4v) is 4.84. The fraction of sp³-hybridized carbons (Fsp3) is 0.690. The van der Waals surface area contributed by atoms with Gasteiger partial charge in [0.25, 0.3) is 0 Å². The SMILES string of the molecule is CCCN(C(=O)C(NC(=O)OC(C)(C)C)C(C)C)C(C(=O)NC1CCCCC1)c1ccc(C)cc1C. The summed E-state index contributed by atoms with van der Waals surface area (Å²) in [5.74, 6) is -0.623. The Balaban J connectivity index is 2.45. The van der Waals surface area contributed by atoms with Crippen molar-refractivity contribution >= 4 is 17.9 Å². The second kappa shape index (κ2) is 13.1. The summed E-state index contributed by atoms with van der Waals surface area (Å²) in [4.78, 5) is 42.2. The second-order valence-corrected chi connectivity index (χ2v) is 11.5. The molecule has 0 aromatic heterocycles. The van der Waals surface area contributed by atoms with Gasteiger partial charge in [0.2, 0.25) is 11.8 Å². The first kappa shape index (κ1) is 29.7. The van der Waals surface area contributed by atoms with Crippen molar-refractivity contribution in [2.24, 2.45) is 5.92 Å². The van der Waals surface area contributed by atoms with Crippen molar-refractivity contribution in [1.29, 1.82) is 0 Å². The van der Waals surface area contributed by atoms with E-state index in [9.17, 15) is 14.4 Å². The number of carbonyl (C=O) groups excluding carboxylic acids is 3. The molecule has 7 nitrogen and oxygen atoms in total. The van der Waals surface area contributed by atoms with E-state index in [0.29, 0.717) is 13.0 Å². The summed E-state index contributed by atoms with van der Waals surface area (Å²) < 4.78 is 5.43. The zero-order valence-corrected chi connectivity index (χ0v) is 23.6. The minimum Gasteiger partial charge on any atom is -0.444 e. The number of carbonyl (C=O) groups is 3. The molecule has 7 heteroatoms. The number of aryl methyl sites for hydroxylation is 2. The van der Waals surface area contributed by atoms with Gasteiger partial charge in [-0.05, 0) is 70.9 Å². The summed E-state index contributed by atoms with van der Waals surface area (Å²) in [5, 5.41) is 6.03. The van der Waals surface area contributed by atoms with Gasteiger partial charge in [-0.15, -0.1) is 0 Å². The smallest absolute Gasteiger partial charge is 0.408 e. The molecule has 0 heterocycles. The third-order valence-corrected chi connectivity index (χ3v) is 6.58. The Morgan fingerprint density at radius 2 is 1.72 bits per heavy atom. The molecule has 0 bridgehead atoms. The van der Waals surface area contributed by atoms with Crippen LogP contribution >= 0.6 is 0 Å². The molecule has 2 atom stereocenters. The van der Waals surface area contributed by atoms with Gasteiger partial charge in [0.15, 0.2) is 0 Å². The van der Waals surface area contributed by atoms with E-state index in [0.717, 1.165) is 42.4 Å². The zero-order valence-electron chi connectivity index (χ0n) is 23.6. The molecular weight excluding hydrogens is 454 g/mol. The minimum atomic E-state index is -0.817. The maximum atomic E-state index is 14.0. The van der Waals surface area contributed by atoms with Gasteiger partial charge in [0.1, 0.15) is 17.7 Å². The lowest BCUT2D eigenvalue weighted by Gasteiger charge is -2.37. The van der Waals surface area contributed by atoms with Crippen LogP contribution < -0.4 is 10.6 Å². The molecule has 0 saturated heterocycles. The summed E-state index contributed by atoms with van der Waals surface area (Å²) in [6.45, 7) is 15.5. The average Bonchev–Trinajstić information content (AvgIpc) is 2.77. The van der Waals surface area contributed by atoms with E-state index in [1.165, 1.54) is 6.42 Å². The number of nitrogens with one attached hydrogen (secondary N) is 2. The van der Waals surface area contributed by atoms with Crippen molar-refractivity contribution in [3.05, 3.63) is 34.9 Å². The summed E-state index contributed by atoms with van der Waals surface area (Å²) in [6, 6.07) is 4.51. The van der Waals surface area contributed by atoms with Crippen LogP contribution in [-0.2, 0) is 14.3 Å². The van der Waals surface area contributed by atoms with Gasteiger partial charge in [0, 0.05) is 12.6 Å². The summed E-state index contributed by atoms with van der Waals surface area (Å²) in [5.41, 5.74) is 2.20. The normalized spacial score (nSPS) is 16.2. The number of alkyl carbamates (subject to hydrolysis) is 1. The predicted octanol–water partition coefficient (Wildman–Crippen LogP) is 5.58. The molecule has 1 aliphatic rings. The highest BCUT2D eigenvalue weighted by atomic mass is 16.6. The van der Waals surface area contributed by atoms with Crippen LogP contribution in [0.25, 0.3) is 0 Å². The van der Waals surface area contributed by atoms with Crippen LogP contribution in [0.2, 0.25) is 0 Å². The Hall–Kier alpha value is -2.57. The number of hydrogen-bond donors (Lipinski definition) is 2. The first-order chi connectivity index (χ1) is 16.8. The van der Waals surface area contributed by atoms with Gasteiger partial charge >= 0.3 is 6.09 Å². The van der Waals surface area contributed by atoms with Gasteiger partial charge in [-0.3, -0.25) is 9.59 Å². The highest BCUT2D eigenvalue weighted by Gasteiger charge is 2.38. The summed E-state index contributed by atoms with van der Waals surface area (Å²) in [7, 11) is 0. The molecule has 36 heavy (non-hydrogen) atoms. The van der Waals surface area contributed by atoms with Crippen molar-refractivity contribution in [2.75, 3.05) is 6.54 Å². The number of hydrogen-bond acceptors (Lipinski definition) is 4. The first-order valence-corrected chi connectivity index (χ1v) is 13.5. The number of amides is 3. The van der Waals surface area contributed by atoms with Crippen LogP contribution in [0, 0.1) is 19.8 Å². The van der Waals surface area contributed by atoms with Crippen molar-refractivity contribution in [1.82, 2.24) is 15.5 Å². The summed E-state index contributed by atoms with van der Waals surface area (Å²) >= 11 is 0. The lowest BCUT2D eigenvalue weighted by Crippen LogP contribution is -2.55. The highest BCUT2D eigenvalue weighted by molar-refractivity contribution is 5.92. The van der Waals surface area contributed by atoms with Gasteiger partial charge in [0.05, 0.1) is 0 Å². The van der Waals surface area contributed by atoms with E-state index in [-0.39, 0.29) is 23.8 Å². The fourth-order valence-electron chi connectivity index (χ4n) is 4.84. The zero-order chi connectivity index (χ0) is 27.0. The Kier molecular flexibility index (Phi) is 10.8. The van der Waals surface area contributed by atoms with Crippen LogP contribution in [0.4, 0.5) is 4.79 Å². The number of ether oxygens (including phenoxy) is 1. The Morgan fingerprint density at radius 3 is 2.25 bits per heavy atom. The maximum Gasteiger partial charge on any atom is 0.408 e. The second-order valence-electron chi connectivity index (χ2n) is 11.5. The van der Waals surface area contributed by atoms with Gasteiger partial charge in [-0.2, -0.15) is 0 Å². The van der Waals surface area contributed by atoms with E-state index in [1.807, 2.05) is 52.8 Å². The van der Waals surface area contributed by atoms with E-state index in [2.05, 4.69) is 10.6 Å². The van der Waals surface area contributed by atoms with Crippen molar-refractivity contribution < 1.29 is 19.1 Å². The number of nitrogens with zero attached hydrogens (tertiary/aromatic N) is 1. The Labute approximate surface area is 217 Å². The van der Waals surface area contributed by atoms with Gasteiger partial charge < -0.3 is 20.3 Å². The molecule has 202 valence electrons. The third kappa shape index (κ3) is 8.52. The molecule has 2 N–H and O–H groups in total. The van der Waals surface area contributed by atoms with Gasteiger partial charge in [-0.25, -0.2) is 4.79 Å². The van der Waals surface area contributed by atoms with Crippen LogP contribution in [0.3, 0.4) is 0 Å². The number of rotatable bonds is 9. The quantitative estimate of drug-likeness (QED) is 0.462. The van der Waals surface area contributed by atoms with Crippen molar-refractivity contribution in [3.63, 3.8) is 0 Å². The summed E-state index contributed by atoms with van der Waals surface area (Å²) in [6.07, 6.45) is 5.36. The topological polar surface area (TPSA) is 87.7 Å². The standard InChI is InChI=1S/C29H47N3O4/c1-9-17-32(27(34)24(19(2)3)31-28(35)36-29(6,7)8)25(23-16-15-20(4)18-21(23)5)26(33)30-22-13-11-10-12-14-22/h15-16,18-19,22,24-25H,9-14,17H2,1-8H3,(H,30,33)(H,31,35). The van der Waals surface area contributed by atoms with E-state index in [1.54, 1.807) is 25.7 Å². The molecule has 1 aromatic carbocycles.